The Balaban J connectivity index is 1.41. The van der Waals surface area contributed by atoms with Crippen LogP contribution < -0.4 is 9.80 Å². The Labute approximate surface area is 193 Å². The molecule has 1 fully saturated rings. The molecule has 7 nitrogen and oxygen atoms in total. The second kappa shape index (κ2) is 8.70. The van der Waals surface area contributed by atoms with Gasteiger partial charge in [-0.1, -0.05) is 24.1 Å². The van der Waals surface area contributed by atoms with Gasteiger partial charge in [-0.25, -0.2) is 15.0 Å². The highest BCUT2D eigenvalue weighted by atomic mass is 35.5. The summed E-state index contributed by atoms with van der Waals surface area (Å²) in [5.41, 5.74) is 3.69. The van der Waals surface area contributed by atoms with Crippen LogP contribution in [0.25, 0.3) is 11.2 Å². The van der Waals surface area contributed by atoms with Gasteiger partial charge in [0.1, 0.15) is 12.2 Å². The fraction of sp³-hybridized carbons (Fsp3) is 0.500. The molecule has 0 saturated carbocycles. The predicted octanol–water partition coefficient (Wildman–Crippen LogP) is 4.39. The molecule has 0 radical (unpaired) electrons. The molecule has 1 saturated heterocycles. The summed E-state index contributed by atoms with van der Waals surface area (Å²) >= 11 is 6.19. The molecule has 2 aliphatic heterocycles. The summed E-state index contributed by atoms with van der Waals surface area (Å²) in [4.78, 5) is 31.5. The van der Waals surface area contributed by atoms with Gasteiger partial charge in [-0.2, -0.15) is 0 Å². The molecule has 2 aromatic heterocycles. The zero-order valence-electron chi connectivity index (χ0n) is 18.7. The van der Waals surface area contributed by atoms with Gasteiger partial charge in [0.2, 0.25) is 5.91 Å². The van der Waals surface area contributed by atoms with E-state index in [-0.39, 0.29) is 11.8 Å². The lowest BCUT2D eigenvalue weighted by molar-refractivity contribution is -0.122. The first-order valence-electron chi connectivity index (χ1n) is 11.5. The summed E-state index contributed by atoms with van der Waals surface area (Å²) in [6, 6.07) is 5.67. The van der Waals surface area contributed by atoms with E-state index < -0.39 is 0 Å². The van der Waals surface area contributed by atoms with Crippen molar-refractivity contribution in [2.45, 2.75) is 52.0 Å². The number of amides is 1. The molecular formula is C24H29ClN6O. The van der Waals surface area contributed by atoms with Crippen molar-refractivity contribution >= 4 is 40.2 Å². The average Bonchev–Trinajstić information content (AvgIpc) is 3.00. The second-order valence-electron chi connectivity index (χ2n) is 8.97. The Morgan fingerprint density at radius 1 is 1.16 bits per heavy atom. The number of carbonyl (C=O) groups is 1. The summed E-state index contributed by atoms with van der Waals surface area (Å²) in [5.74, 6) is 1.98. The number of anilines is 2. The summed E-state index contributed by atoms with van der Waals surface area (Å²) < 4.78 is 2.26. The second-order valence-corrected chi connectivity index (χ2v) is 9.41. The van der Waals surface area contributed by atoms with E-state index in [0.717, 1.165) is 72.8 Å². The quantitative estimate of drug-likeness (QED) is 0.589. The Morgan fingerprint density at radius 3 is 2.91 bits per heavy atom. The van der Waals surface area contributed by atoms with Crippen molar-refractivity contribution in [3.05, 3.63) is 40.9 Å². The first-order chi connectivity index (χ1) is 15.5. The molecule has 3 aromatic rings. The molecule has 0 unspecified atom stereocenters. The lowest BCUT2D eigenvalue weighted by Crippen LogP contribution is -2.44. The van der Waals surface area contributed by atoms with Crippen LogP contribution in [0.4, 0.5) is 11.5 Å². The monoisotopic (exact) mass is 452 g/mol. The van der Waals surface area contributed by atoms with E-state index in [1.165, 1.54) is 12.8 Å². The zero-order chi connectivity index (χ0) is 22.2. The maximum atomic E-state index is 13.4. The number of aryl methyl sites for hydroxylation is 3. The summed E-state index contributed by atoms with van der Waals surface area (Å²) in [6.45, 7) is 4.48. The summed E-state index contributed by atoms with van der Waals surface area (Å²) in [6.07, 6.45) is 8.00. The molecule has 4 heterocycles. The summed E-state index contributed by atoms with van der Waals surface area (Å²) in [5, 5.41) is 0.637. The molecule has 5 rings (SSSR count). The van der Waals surface area contributed by atoms with Crippen LogP contribution in [0, 0.1) is 12.8 Å². The van der Waals surface area contributed by atoms with Gasteiger partial charge < -0.3 is 14.4 Å². The van der Waals surface area contributed by atoms with E-state index in [4.69, 9.17) is 16.6 Å². The number of rotatable bonds is 3. The minimum absolute atomic E-state index is 0.0995. The highest BCUT2D eigenvalue weighted by Crippen LogP contribution is 2.31. The van der Waals surface area contributed by atoms with Crippen LogP contribution in [-0.4, -0.2) is 45.6 Å². The van der Waals surface area contributed by atoms with Crippen LogP contribution in [-0.2, 0) is 17.8 Å². The molecule has 1 atom stereocenters. The molecule has 168 valence electrons. The average molecular weight is 453 g/mol. The van der Waals surface area contributed by atoms with Crippen molar-refractivity contribution in [2.24, 2.45) is 5.92 Å². The lowest BCUT2D eigenvalue weighted by atomic mass is 9.96. The van der Waals surface area contributed by atoms with Gasteiger partial charge in [0.25, 0.3) is 0 Å². The number of nitrogens with zero attached hydrogens (tertiary/aromatic N) is 6. The number of aromatic nitrogens is 4. The number of carbonyl (C=O) groups excluding carboxylic acids is 1. The molecule has 0 N–H and O–H groups in total. The highest BCUT2D eigenvalue weighted by molar-refractivity contribution is 6.31. The first-order valence-corrected chi connectivity index (χ1v) is 11.9. The molecule has 0 aliphatic carbocycles. The van der Waals surface area contributed by atoms with Crippen molar-refractivity contribution in [1.29, 1.82) is 0 Å². The van der Waals surface area contributed by atoms with E-state index in [2.05, 4.69) is 19.4 Å². The third kappa shape index (κ3) is 3.83. The first kappa shape index (κ1) is 21.2. The number of fused-ring (bicyclic) bond motifs is 3. The number of imidazole rings is 1. The van der Waals surface area contributed by atoms with Gasteiger partial charge in [-0.15, -0.1) is 0 Å². The SMILES string of the molecule is Cc1ccc(Cl)cc1N(C)C(=O)[C@H]1CCCN(c2ncnc3c2nc2n3CCCCC2)C1. The standard InChI is InChI=1S/C24H29ClN6O/c1-16-9-10-18(25)13-19(16)29(2)24(32)17-7-6-11-30(14-17)22-21-23(27-15-26-22)31-12-5-3-4-8-20(31)28-21/h9-10,13,15,17H,3-8,11-12,14H2,1-2H3/t17-/m0/s1. The van der Waals surface area contributed by atoms with E-state index in [1.807, 2.05) is 32.2 Å². The number of hydrogen-bond acceptors (Lipinski definition) is 5. The van der Waals surface area contributed by atoms with Crippen molar-refractivity contribution < 1.29 is 4.79 Å². The van der Waals surface area contributed by atoms with Gasteiger partial charge >= 0.3 is 0 Å². The van der Waals surface area contributed by atoms with Crippen LogP contribution in [0.5, 0.6) is 0 Å². The highest BCUT2D eigenvalue weighted by Gasteiger charge is 2.31. The van der Waals surface area contributed by atoms with Crippen LogP contribution in [0.3, 0.4) is 0 Å². The van der Waals surface area contributed by atoms with E-state index >= 15 is 0 Å². The number of halogens is 1. The molecule has 0 bridgehead atoms. The Kier molecular flexibility index (Phi) is 5.76. The molecule has 1 amide bonds. The Bertz CT molecular complexity index is 1160. The maximum absolute atomic E-state index is 13.4. The maximum Gasteiger partial charge on any atom is 0.231 e. The molecular weight excluding hydrogens is 424 g/mol. The molecule has 8 heteroatoms. The zero-order valence-corrected chi connectivity index (χ0v) is 19.5. The van der Waals surface area contributed by atoms with Crippen LogP contribution >= 0.6 is 11.6 Å². The van der Waals surface area contributed by atoms with Gasteiger partial charge in [-0.3, -0.25) is 4.79 Å². The van der Waals surface area contributed by atoms with Crippen LogP contribution in [0.1, 0.15) is 43.5 Å². The minimum atomic E-state index is -0.0995. The number of benzene rings is 1. The summed E-state index contributed by atoms with van der Waals surface area (Å²) in [7, 11) is 1.84. The minimum Gasteiger partial charge on any atom is -0.354 e. The number of hydrogen-bond donors (Lipinski definition) is 0. The van der Waals surface area contributed by atoms with Gasteiger partial charge in [0, 0.05) is 43.8 Å². The van der Waals surface area contributed by atoms with E-state index in [9.17, 15) is 4.79 Å². The third-order valence-electron chi connectivity index (χ3n) is 6.81. The van der Waals surface area contributed by atoms with Crippen LogP contribution in [0.2, 0.25) is 5.02 Å². The molecule has 1 aromatic carbocycles. The van der Waals surface area contributed by atoms with E-state index in [0.29, 0.717) is 11.6 Å². The van der Waals surface area contributed by atoms with Crippen molar-refractivity contribution in [3.63, 3.8) is 0 Å². The molecule has 32 heavy (non-hydrogen) atoms. The van der Waals surface area contributed by atoms with Gasteiger partial charge in [-0.05, 0) is 50.3 Å². The van der Waals surface area contributed by atoms with Crippen molar-refractivity contribution in [1.82, 2.24) is 19.5 Å². The fourth-order valence-corrected chi connectivity index (χ4v) is 5.23. The Morgan fingerprint density at radius 2 is 2.03 bits per heavy atom. The molecule has 2 aliphatic rings. The van der Waals surface area contributed by atoms with Crippen molar-refractivity contribution in [2.75, 3.05) is 29.9 Å². The Hall–Kier alpha value is -2.67. The largest absolute Gasteiger partial charge is 0.354 e. The fourth-order valence-electron chi connectivity index (χ4n) is 5.06. The number of piperidine rings is 1. The smallest absolute Gasteiger partial charge is 0.231 e. The van der Waals surface area contributed by atoms with Gasteiger partial charge in [0.15, 0.2) is 17.0 Å². The van der Waals surface area contributed by atoms with Crippen LogP contribution in [0.15, 0.2) is 24.5 Å². The van der Waals surface area contributed by atoms with Gasteiger partial charge in [0.05, 0.1) is 5.92 Å². The predicted molar refractivity (Wildman–Crippen MR) is 127 cm³/mol. The van der Waals surface area contributed by atoms with Crippen molar-refractivity contribution in [3.8, 4) is 0 Å². The topological polar surface area (TPSA) is 67.2 Å². The lowest BCUT2D eigenvalue weighted by Gasteiger charge is -2.35. The normalized spacial score (nSPS) is 19.0. The van der Waals surface area contributed by atoms with E-state index in [1.54, 1.807) is 11.2 Å². The molecule has 0 spiro atoms. The third-order valence-corrected chi connectivity index (χ3v) is 7.04.